The monoisotopic (exact) mass is 340 g/mol. The van der Waals surface area contributed by atoms with E-state index in [-0.39, 0.29) is 18.7 Å². The maximum absolute atomic E-state index is 11.8. The summed E-state index contributed by atoms with van der Waals surface area (Å²) in [5.41, 5.74) is 2.81. The number of rotatable bonds is 6. The molecule has 5 nitrogen and oxygen atoms in total. The SMILES string of the molecule is CC(O)c1ccccc1NC1CC(NC(=O)OCc2ccccc2)C1. The summed E-state index contributed by atoms with van der Waals surface area (Å²) in [7, 11) is 0. The third kappa shape index (κ3) is 4.73. The Hall–Kier alpha value is -2.53. The van der Waals surface area contributed by atoms with Gasteiger partial charge in [0.2, 0.25) is 0 Å². The lowest BCUT2D eigenvalue weighted by atomic mass is 9.86. The second-order valence-corrected chi connectivity index (χ2v) is 6.48. The number of nitrogens with one attached hydrogen (secondary N) is 2. The lowest BCUT2D eigenvalue weighted by Gasteiger charge is -2.37. The van der Waals surface area contributed by atoms with Crippen LogP contribution in [0.25, 0.3) is 0 Å². The van der Waals surface area contributed by atoms with Crippen molar-refractivity contribution in [2.24, 2.45) is 0 Å². The Morgan fingerprint density at radius 3 is 2.52 bits per heavy atom. The number of hydrogen-bond donors (Lipinski definition) is 3. The van der Waals surface area contributed by atoms with Crippen LogP contribution < -0.4 is 10.6 Å². The Kier molecular flexibility index (Phi) is 5.56. The second-order valence-electron chi connectivity index (χ2n) is 6.48. The van der Waals surface area contributed by atoms with Crippen LogP contribution in [0.5, 0.6) is 0 Å². The van der Waals surface area contributed by atoms with E-state index in [9.17, 15) is 9.90 Å². The molecule has 3 rings (SSSR count). The van der Waals surface area contributed by atoms with Gasteiger partial charge in [0.15, 0.2) is 0 Å². The minimum absolute atomic E-state index is 0.125. The molecule has 0 aromatic heterocycles. The summed E-state index contributed by atoms with van der Waals surface area (Å²) in [6.45, 7) is 2.04. The molecule has 5 heteroatoms. The highest BCUT2D eigenvalue weighted by Gasteiger charge is 2.31. The van der Waals surface area contributed by atoms with Crippen molar-refractivity contribution in [1.82, 2.24) is 5.32 Å². The van der Waals surface area contributed by atoms with Crippen molar-refractivity contribution < 1.29 is 14.6 Å². The van der Waals surface area contributed by atoms with Crippen molar-refractivity contribution in [2.45, 2.75) is 44.6 Å². The van der Waals surface area contributed by atoms with E-state index >= 15 is 0 Å². The van der Waals surface area contributed by atoms with Gasteiger partial charge in [-0.2, -0.15) is 0 Å². The molecule has 0 heterocycles. The average molecular weight is 340 g/mol. The highest BCUT2D eigenvalue weighted by Crippen LogP contribution is 2.28. The van der Waals surface area contributed by atoms with E-state index in [1.165, 1.54) is 0 Å². The van der Waals surface area contributed by atoms with Crippen LogP contribution in [-0.2, 0) is 11.3 Å². The molecule has 1 fully saturated rings. The Balaban J connectivity index is 1.40. The molecule has 1 amide bonds. The number of para-hydroxylation sites is 1. The Labute approximate surface area is 148 Å². The fourth-order valence-corrected chi connectivity index (χ4v) is 3.00. The molecule has 0 radical (unpaired) electrons. The number of aliphatic hydroxyl groups excluding tert-OH is 1. The number of amides is 1. The van der Waals surface area contributed by atoms with Crippen LogP contribution in [0.3, 0.4) is 0 Å². The molecule has 0 bridgehead atoms. The van der Waals surface area contributed by atoms with Crippen LogP contribution in [0.4, 0.5) is 10.5 Å². The largest absolute Gasteiger partial charge is 0.445 e. The third-order valence-electron chi connectivity index (χ3n) is 4.44. The van der Waals surface area contributed by atoms with Gasteiger partial charge in [-0.05, 0) is 31.4 Å². The molecule has 0 spiro atoms. The quantitative estimate of drug-likeness (QED) is 0.751. The van der Waals surface area contributed by atoms with E-state index in [1.807, 2.05) is 54.6 Å². The van der Waals surface area contributed by atoms with E-state index in [2.05, 4.69) is 10.6 Å². The minimum Gasteiger partial charge on any atom is -0.445 e. The Bertz CT molecular complexity index is 697. The molecule has 132 valence electrons. The molecule has 1 atom stereocenters. The summed E-state index contributed by atoms with van der Waals surface area (Å²) in [6.07, 6.45) is 0.797. The molecule has 0 saturated heterocycles. The topological polar surface area (TPSA) is 70.6 Å². The number of carbonyl (C=O) groups excluding carboxylic acids is 1. The molecule has 25 heavy (non-hydrogen) atoms. The van der Waals surface area contributed by atoms with Crippen molar-refractivity contribution in [1.29, 1.82) is 0 Å². The number of alkyl carbamates (subject to hydrolysis) is 1. The van der Waals surface area contributed by atoms with Crippen LogP contribution in [0.15, 0.2) is 54.6 Å². The summed E-state index contributed by atoms with van der Waals surface area (Å²) in [5.74, 6) is 0. The van der Waals surface area contributed by atoms with Gasteiger partial charge in [-0.25, -0.2) is 4.79 Å². The average Bonchev–Trinajstić information content (AvgIpc) is 2.59. The number of carbonyl (C=O) groups is 1. The van der Waals surface area contributed by atoms with Crippen molar-refractivity contribution >= 4 is 11.8 Å². The predicted molar refractivity (Wildman–Crippen MR) is 97.3 cm³/mol. The van der Waals surface area contributed by atoms with Gasteiger partial charge in [0.05, 0.1) is 6.10 Å². The van der Waals surface area contributed by atoms with Crippen LogP contribution in [-0.4, -0.2) is 23.3 Å². The van der Waals surface area contributed by atoms with E-state index < -0.39 is 6.10 Å². The summed E-state index contributed by atoms with van der Waals surface area (Å²) < 4.78 is 5.24. The van der Waals surface area contributed by atoms with Crippen molar-refractivity contribution in [3.05, 3.63) is 65.7 Å². The van der Waals surface area contributed by atoms with Crippen LogP contribution >= 0.6 is 0 Å². The van der Waals surface area contributed by atoms with Gasteiger partial charge in [0, 0.05) is 23.3 Å². The zero-order chi connectivity index (χ0) is 17.6. The molecule has 1 aliphatic rings. The number of anilines is 1. The maximum Gasteiger partial charge on any atom is 0.407 e. The number of hydrogen-bond acceptors (Lipinski definition) is 4. The number of ether oxygens (including phenoxy) is 1. The minimum atomic E-state index is -0.509. The lowest BCUT2D eigenvalue weighted by Crippen LogP contribution is -2.49. The number of aliphatic hydroxyl groups is 1. The molecule has 2 aromatic carbocycles. The van der Waals surface area contributed by atoms with Crippen molar-refractivity contribution in [3.63, 3.8) is 0 Å². The van der Waals surface area contributed by atoms with Crippen LogP contribution in [0.1, 0.15) is 37.0 Å². The van der Waals surface area contributed by atoms with Gasteiger partial charge in [-0.3, -0.25) is 0 Å². The first-order valence-corrected chi connectivity index (χ1v) is 8.62. The van der Waals surface area contributed by atoms with Gasteiger partial charge >= 0.3 is 6.09 Å². The molecule has 2 aromatic rings. The predicted octanol–water partition coefficient (Wildman–Crippen LogP) is 3.61. The highest BCUT2D eigenvalue weighted by molar-refractivity contribution is 5.68. The smallest absolute Gasteiger partial charge is 0.407 e. The Morgan fingerprint density at radius 2 is 1.80 bits per heavy atom. The lowest BCUT2D eigenvalue weighted by molar-refractivity contribution is 0.129. The van der Waals surface area contributed by atoms with E-state index in [0.717, 1.165) is 29.7 Å². The first-order chi connectivity index (χ1) is 12.1. The van der Waals surface area contributed by atoms with Crippen molar-refractivity contribution in [2.75, 3.05) is 5.32 Å². The van der Waals surface area contributed by atoms with Gasteiger partial charge in [-0.1, -0.05) is 48.5 Å². The van der Waals surface area contributed by atoms with E-state index in [1.54, 1.807) is 6.92 Å². The van der Waals surface area contributed by atoms with Crippen LogP contribution in [0.2, 0.25) is 0 Å². The third-order valence-corrected chi connectivity index (χ3v) is 4.44. The van der Waals surface area contributed by atoms with Gasteiger partial charge < -0.3 is 20.5 Å². The summed E-state index contributed by atoms with van der Waals surface area (Å²) in [4.78, 5) is 11.8. The normalized spacial score (nSPS) is 20.2. The van der Waals surface area contributed by atoms with Gasteiger partial charge in [0.1, 0.15) is 6.61 Å². The van der Waals surface area contributed by atoms with Gasteiger partial charge in [0.25, 0.3) is 0 Å². The molecule has 0 aliphatic heterocycles. The maximum atomic E-state index is 11.8. The standard InChI is InChI=1S/C20H24N2O3/c1-14(23)18-9-5-6-10-19(18)21-16-11-17(12-16)22-20(24)25-13-15-7-3-2-4-8-15/h2-10,14,16-17,21,23H,11-13H2,1H3,(H,22,24). The molecule has 1 aliphatic carbocycles. The first kappa shape index (κ1) is 17.3. The molecule has 1 saturated carbocycles. The molecular formula is C20H24N2O3. The van der Waals surface area contributed by atoms with Crippen molar-refractivity contribution in [3.8, 4) is 0 Å². The number of benzene rings is 2. The van der Waals surface area contributed by atoms with E-state index in [4.69, 9.17) is 4.74 Å². The molecule has 1 unspecified atom stereocenters. The first-order valence-electron chi connectivity index (χ1n) is 8.62. The van der Waals surface area contributed by atoms with Gasteiger partial charge in [-0.15, -0.1) is 0 Å². The zero-order valence-corrected chi connectivity index (χ0v) is 14.3. The molecular weight excluding hydrogens is 316 g/mol. The highest BCUT2D eigenvalue weighted by atomic mass is 16.5. The zero-order valence-electron chi connectivity index (χ0n) is 14.3. The Morgan fingerprint density at radius 1 is 1.12 bits per heavy atom. The summed E-state index contributed by atoms with van der Waals surface area (Å²) in [5, 5.41) is 16.1. The molecule has 3 N–H and O–H groups in total. The summed E-state index contributed by atoms with van der Waals surface area (Å²) in [6, 6.07) is 17.8. The fourth-order valence-electron chi connectivity index (χ4n) is 3.00. The van der Waals surface area contributed by atoms with Crippen LogP contribution in [0, 0.1) is 0 Å². The fraction of sp³-hybridized carbons (Fsp3) is 0.350. The van der Waals surface area contributed by atoms with E-state index in [0.29, 0.717) is 6.04 Å². The summed E-state index contributed by atoms with van der Waals surface area (Å²) >= 11 is 0. The second kappa shape index (κ2) is 8.03.